The first-order valence-electron chi connectivity index (χ1n) is 6.73. The van der Waals surface area contributed by atoms with Gasteiger partial charge in [0.05, 0.1) is 5.02 Å². The van der Waals surface area contributed by atoms with Crippen LogP contribution in [0.4, 0.5) is 0 Å². The highest BCUT2D eigenvalue weighted by Crippen LogP contribution is 2.29. The molecule has 1 aromatic rings. The number of benzene rings is 1. The fourth-order valence-electron chi connectivity index (χ4n) is 2.09. The van der Waals surface area contributed by atoms with Crippen LogP contribution in [0.1, 0.15) is 18.4 Å². The van der Waals surface area contributed by atoms with Crippen LogP contribution in [0.2, 0.25) is 10.0 Å². The van der Waals surface area contributed by atoms with Gasteiger partial charge in [0.25, 0.3) is 0 Å². The molecule has 0 spiro atoms. The minimum absolute atomic E-state index is 0.0220. The third-order valence-corrected chi connectivity index (χ3v) is 5.78. The second-order valence-corrected chi connectivity index (χ2v) is 7.74. The van der Waals surface area contributed by atoms with Gasteiger partial charge in [-0.3, -0.25) is 0 Å². The number of sulfonamides is 1. The van der Waals surface area contributed by atoms with Crippen molar-refractivity contribution in [1.82, 2.24) is 9.62 Å². The normalized spacial score (nSPS) is 15.7. The van der Waals surface area contributed by atoms with Gasteiger partial charge in [-0.2, -0.15) is 0 Å². The Morgan fingerprint density at radius 3 is 2.62 bits per heavy atom. The largest absolute Gasteiger partial charge is 0.326 e. The zero-order valence-electron chi connectivity index (χ0n) is 11.8. The number of hydrogen-bond acceptors (Lipinski definition) is 4. The number of nitrogens with two attached hydrogens (primary N) is 1. The van der Waals surface area contributed by atoms with Crippen molar-refractivity contribution in [3.63, 3.8) is 0 Å². The minimum Gasteiger partial charge on any atom is -0.326 e. The summed E-state index contributed by atoms with van der Waals surface area (Å²) in [4.78, 5) is 2.12. The van der Waals surface area contributed by atoms with Gasteiger partial charge >= 0.3 is 0 Å². The van der Waals surface area contributed by atoms with Gasteiger partial charge in [0.1, 0.15) is 4.90 Å². The lowest BCUT2D eigenvalue weighted by molar-refractivity contribution is 0.329. The number of halogens is 2. The Balaban J connectivity index is 2.09. The average molecular weight is 352 g/mol. The summed E-state index contributed by atoms with van der Waals surface area (Å²) in [6.07, 6.45) is 2.37. The Bertz CT molecular complexity index is 618. The van der Waals surface area contributed by atoms with Crippen LogP contribution in [0.15, 0.2) is 17.0 Å². The van der Waals surface area contributed by atoms with Gasteiger partial charge in [0, 0.05) is 30.7 Å². The highest BCUT2D eigenvalue weighted by atomic mass is 35.5. The summed E-state index contributed by atoms with van der Waals surface area (Å²) in [6, 6.07) is 3.51. The van der Waals surface area contributed by atoms with E-state index in [0.29, 0.717) is 29.7 Å². The van der Waals surface area contributed by atoms with Crippen molar-refractivity contribution in [2.75, 3.05) is 20.1 Å². The van der Waals surface area contributed by atoms with Crippen LogP contribution in [0.25, 0.3) is 0 Å². The first kappa shape index (κ1) is 17.0. The van der Waals surface area contributed by atoms with E-state index in [0.717, 1.165) is 0 Å². The lowest BCUT2D eigenvalue weighted by Gasteiger charge is -2.16. The topological polar surface area (TPSA) is 75.4 Å². The highest BCUT2D eigenvalue weighted by Gasteiger charge is 2.26. The Morgan fingerprint density at radius 1 is 1.38 bits per heavy atom. The molecule has 0 aliphatic heterocycles. The van der Waals surface area contributed by atoms with Crippen LogP contribution in [0, 0.1) is 0 Å². The van der Waals surface area contributed by atoms with Gasteiger partial charge in [-0.25, -0.2) is 13.1 Å². The SMILES string of the molecule is CN(CCNS(=O)(=O)c1cc(Cl)cc(CN)c1Cl)C1CC1. The summed E-state index contributed by atoms with van der Waals surface area (Å²) >= 11 is 12.0. The molecule has 0 bridgehead atoms. The molecule has 1 saturated carbocycles. The molecule has 21 heavy (non-hydrogen) atoms. The van der Waals surface area contributed by atoms with E-state index in [1.165, 1.54) is 18.9 Å². The number of likely N-dealkylation sites (N-methyl/N-ethyl adjacent to an activating group) is 1. The first-order chi connectivity index (χ1) is 9.85. The number of nitrogens with zero attached hydrogens (tertiary/aromatic N) is 1. The van der Waals surface area contributed by atoms with E-state index in [1.807, 2.05) is 7.05 Å². The van der Waals surface area contributed by atoms with Crippen molar-refractivity contribution in [3.05, 3.63) is 27.7 Å². The fourth-order valence-corrected chi connectivity index (χ4v) is 4.06. The molecular formula is C13H19Cl2N3O2S. The Hall–Kier alpha value is -0.370. The zero-order chi connectivity index (χ0) is 15.6. The van der Waals surface area contributed by atoms with E-state index >= 15 is 0 Å². The summed E-state index contributed by atoms with van der Waals surface area (Å²) in [5.41, 5.74) is 6.06. The second-order valence-electron chi connectivity index (χ2n) is 5.19. The molecule has 0 amide bonds. The summed E-state index contributed by atoms with van der Waals surface area (Å²) in [7, 11) is -1.70. The van der Waals surface area contributed by atoms with E-state index in [-0.39, 0.29) is 16.5 Å². The molecule has 5 nitrogen and oxygen atoms in total. The summed E-state index contributed by atoms with van der Waals surface area (Å²) in [5.74, 6) is 0. The maximum Gasteiger partial charge on any atom is 0.242 e. The van der Waals surface area contributed by atoms with Gasteiger partial charge in [-0.05, 0) is 37.6 Å². The molecule has 1 aromatic carbocycles. The summed E-state index contributed by atoms with van der Waals surface area (Å²) in [5, 5.41) is 0.431. The van der Waals surface area contributed by atoms with E-state index in [2.05, 4.69) is 9.62 Å². The van der Waals surface area contributed by atoms with Gasteiger partial charge in [0.15, 0.2) is 0 Å². The van der Waals surface area contributed by atoms with Gasteiger partial charge in [-0.1, -0.05) is 23.2 Å². The maximum atomic E-state index is 12.3. The molecular weight excluding hydrogens is 333 g/mol. The molecule has 1 aliphatic rings. The zero-order valence-corrected chi connectivity index (χ0v) is 14.1. The summed E-state index contributed by atoms with van der Waals surface area (Å²) in [6.45, 7) is 1.12. The van der Waals surface area contributed by atoms with Crippen molar-refractivity contribution >= 4 is 33.2 Å². The molecule has 1 aliphatic carbocycles. The Morgan fingerprint density at radius 2 is 2.05 bits per heavy atom. The molecule has 0 saturated heterocycles. The van der Waals surface area contributed by atoms with Gasteiger partial charge < -0.3 is 10.6 Å². The smallest absolute Gasteiger partial charge is 0.242 e. The molecule has 0 unspecified atom stereocenters. The van der Waals surface area contributed by atoms with Crippen LogP contribution in [0.3, 0.4) is 0 Å². The monoisotopic (exact) mass is 351 g/mol. The fraction of sp³-hybridized carbons (Fsp3) is 0.538. The lowest BCUT2D eigenvalue weighted by atomic mass is 10.2. The van der Waals surface area contributed by atoms with Crippen LogP contribution in [-0.2, 0) is 16.6 Å². The van der Waals surface area contributed by atoms with Crippen LogP contribution >= 0.6 is 23.2 Å². The van der Waals surface area contributed by atoms with E-state index in [1.54, 1.807) is 6.07 Å². The van der Waals surface area contributed by atoms with E-state index in [4.69, 9.17) is 28.9 Å². The lowest BCUT2D eigenvalue weighted by Crippen LogP contribution is -2.34. The van der Waals surface area contributed by atoms with Crippen LogP contribution in [-0.4, -0.2) is 39.5 Å². The predicted octanol–water partition coefficient (Wildman–Crippen LogP) is 1.82. The van der Waals surface area contributed by atoms with E-state index in [9.17, 15) is 8.42 Å². The standard InChI is InChI=1S/C13H19Cl2N3O2S/c1-18(11-2-3-11)5-4-17-21(19,20)12-7-10(14)6-9(8-16)13(12)15/h6-7,11,17H,2-5,8,16H2,1H3. The molecule has 0 atom stereocenters. The average Bonchev–Trinajstić information content (AvgIpc) is 3.24. The minimum atomic E-state index is -3.70. The Labute approximate surface area is 135 Å². The van der Waals surface area contributed by atoms with E-state index < -0.39 is 10.0 Å². The number of hydrogen-bond donors (Lipinski definition) is 2. The second kappa shape index (κ2) is 6.81. The third-order valence-electron chi connectivity index (χ3n) is 3.52. The van der Waals surface area contributed by atoms with Crippen molar-refractivity contribution in [2.24, 2.45) is 5.73 Å². The third kappa shape index (κ3) is 4.31. The van der Waals surface area contributed by atoms with Gasteiger partial charge in [-0.15, -0.1) is 0 Å². The number of rotatable bonds is 7. The molecule has 0 heterocycles. The highest BCUT2D eigenvalue weighted by molar-refractivity contribution is 7.89. The summed E-state index contributed by atoms with van der Waals surface area (Å²) < 4.78 is 27.2. The molecule has 8 heteroatoms. The van der Waals surface area contributed by atoms with Crippen molar-refractivity contribution in [2.45, 2.75) is 30.3 Å². The first-order valence-corrected chi connectivity index (χ1v) is 8.97. The van der Waals surface area contributed by atoms with Crippen LogP contribution < -0.4 is 10.5 Å². The van der Waals surface area contributed by atoms with Gasteiger partial charge in [0.2, 0.25) is 10.0 Å². The molecule has 3 N–H and O–H groups in total. The molecule has 0 aromatic heterocycles. The number of nitrogens with one attached hydrogen (secondary N) is 1. The quantitative estimate of drug-likeness (QED) is 0.785. The van der Waals surface area contributed by atoms with Crippen LogP contribution in [0.5, 0.6) is 0 Å². The predicted molar refractivity (Wildman–Crippen MR) is 85.2 cm³/mol. The molecule has 0 radical (unpaired) electrons. The Kier molecular flexibility index (Phi) is 5.51. The maximum absolute atomic E-state index is 12.3. The van der Waals surface area contributed by atoms with Crippen molar-refractivity contribution in [3.8, 4) is 0 Å². The van der Waals surface area contributed by atoms with Crippen molar-refractivity contribution in [1.29, 1.82) is 0 Å². The van der Waals surface area contributed by atoms with Crippen molar-refractivity contribution < 1.29 is 8.42 Å². The molecule has 1 fully saturated rings. The molecule has 2 rings (SSSR count). The molecule has 118 valence electrons.